The highest BCUT2D eigenvalue weighted by molar-refractivity contribution is 5.81. The van der Waals surface area contributed by atoms with E-state index in [1.807, 2.05) is 11.8 Å². The number of nitrogens with one attached hydrogen (secondary N) is 1. The minimum atomic E-state index is -0.0118. The smallest absolute Gasteiger partial charge is 0.239 e. The van der Waals surface area contributed by atoms with Crippen LogP contribution in [0.2, 0.25) is 0 Å². The molecular formula is C15H29N3O. The van der Waals surface area contributed by atoms with Crippen molar-refractivity contribution in [2.24, 2.45) is 5.92 Å². The first kappa shape index (κ1) is 14.8. The summed E-state index contributed by atoms with van der Waals surface area (Å²) in [5.74, 6) is 1.04. The molecule has 110 valence electrons. The van der Waals surface area contributed by atoms with Crippen molar-refractivity contribution in [3.05, 3.63) is 0 Å². The molecule has 2 saturated heterocycles. The zero-order valence-electron chi connectivity index (χ0n) is 12.5. The monoisotopic (exact) mass is 267 g/mol. The quantitative estimate of drug-likeness (QED) is 0.816. The van der Waals surface area contributed by atoms with E-state index in [-0.39, 0.29) is 6.04 Å². The molecule has 2 aliphatic heterocycles. The Hall–Kier alpha value is -0.610. The number of nitrogens with zero attached hydrogens (tertiary/aromatic N) is 2. The van der Waals surface area contributed by atoms with Gasteiger partial charge < -0.3 is 15.1 Å². The van der Waals surface area contributed by atoms with Crippen LogP contribution in [0.1, 0.15) is 39.5 Å². The second-order valence-corrected chi connectivity index (χ2v) is 6.04. The number of amides is 1. The van der Waals surface area contributed by atoms with Gasteiger partial charge in [-0.05, 0) is 64.7 Å². The average molecular weight is 267 g/mol. The SMILES string of the molecule is CCN1CCC(CNC(C)C(=O)N2CCCC2)CC1. The molecule has 4 heteroatoms. The normalized spacial score (nSPS) is 23.8. The molecule has 2 heterocycles. The fraction of sp³-hybridized carbons (Fsp3) is 0.933. The third kappa shape index (κ3) is 4.18. The molecule has 4 nitrogen and oxygen atoms in total. The Bertz CT molecular complexity index is 281. The Balaban J connectivity index is 1.66. The molecule has 0 aromatic rings. The Labute approximate surface area is 117 Å². The summed E-state index contributed by atoms with van der Waals surface area (Å²) in [4.78, 5) is 16.7. The van der Waals surface area contributed by atoms with E-state index in [2.05, 4.69) is 17.1 Å². The summed E-state index contributed by atoms with van der Waals surface area (Å²) in [7, 11) is 0. The molecule has 1 atom stereocenters. The standard InChI is InChI=1S/C15H29N3O/c1-3-17-10-6-14(7-11-17)12-16-13(2)15(19)18-8-4-5-9-18/h13-14,16H,3-12H2,1-2H3. The van der Waals surface area contributed by atoms with Gasteiger partial charge in [0.15, 0.2) is 0 Å². The lowest BCUT2D eigenvalue weighted by atomic mass is 9.96. The lowest BCUT2D eigenvalue weighted by Gasteiger charge is -2.32. The number of hydrogen-bond acceptors (Lipinski definition) is 3. The molecule has 0 bridgehead atoms. The summed E-state index contributed by atoms with van der Waals surface area (Å²) < 4.78 is 0. The van der Waals surface area contributed by atoms with Crippen LogP contribution in [-0.2, 0) is 4.79 Å². The number of piperidine rings is 1. The first-order chi connectivity index (χ1) is 9.20. The number of hydrogen-bond donors (Lipinski definition) is 1. The second kappa shape index (κ2) is 7.25. The van der Waals surface area contributed by atoms with E-state index in [0.29, 0.717) is 5.91 Å². The molecule has 19 heavy (non-hydrogen) atoms. The Morgan fingerprint density at radius 3 is 2.42 bits per heavy atom. The van der Waals surface area contributed by atoms with Crippen LogP contribution in [0.3, 0.4) is 0 Å². The van der Waals surface area contributed by atoms with Crippen molar-refractivity contribution < 1.29 is 4.79 Å². The molecule has 2 fully saturated rings. The van der Waals surface area contributed by atoms with E-state index >= 15 is 0 Å². The highest BCUT2D eigenvalue weighted by atomic mass is 16.2. The van der Waals surface area contributed by atoms with Gasteiger partial charge in [-0.15, -0.1) is 0 Å². The molecule has 0 aromatic carbocycles. The maximum atomic E-state index is 12.2. The van der Waals surface area contributed by atoms with Crippen LogP contribution in [-0.4, -0.2) is 61.0 Å². The van der Waals surface area contributed by atoms with Crippen LogP contribution in [0.5, 0.6) is 0 Å². The minimum Gasteiger partial charge on any atom is -0.341 e. The van der Waals surface area contributed by atoms with Crippen molar-refractivity contribution in [1.82, 2.24) is 15.1 Å². The Kier molecular flexibility index (Phi) is 5.64. The van der Waals surface area contributed by atoms with Gasteiger partial charge in [-0.25, -0.2) is 0 Å². The van der Waals surface area contributed by atoms with Crippen LogP contribution >= 0.6 is 0 Å². The molecule has 0 spiro atoms. The predicted octanol–water partition coefficient (Wildman–Crippen LogP) is 1.32. The van der Waals surface area contributed by atoms with E-state index in [1.54, 1.807) is 0 Å². The average Bonchev–Trinajstić information content (AvgIpc) is 2.98. The molecule has 0 saturated carbocycles. The minimum absolute atomic E-state index is 0.0118. The van der Waals surface area contributed by atoms with Gasteiger partial charge in [-0.3, -0.25) is 4.79 Å². The number of carbonyl (C=O) groups is 1. The largest absolute Gasteiger partial charge is 0.341 e. The lowest BCUT2D eigenvalue weighted by molar-refractivity contribution is -0.132. The predicted molar refractivity (Wildman–Crippen MR) is 78.1 cm³/mol. The van der Waals surface area contributed by atoms with Gasteiger partial charge in [0.1, 0.15) is 0 Å². The third-order valence-electron chi connectivity index (χ3n) is 4.66. The highest BCUT2D eigenvalue weighted by Crippen LogP contribution is 2.16. The molecular weight excluding hydrogens is 238 g/mol. The van der Waals surface area contributed by atoms with Crippen LogP contribution in [0, 0.1) is 5.92 Å². The number of likely N-dealkylation sites (tertiary alicyclic amines) is 2. The molecule has 0 aliphatic carbocycles. The highest BCUT2D eigenvalue weighted by Gasteiger charge is 2.24. The number of carbonyl (C=O) groups excluding carboxylic acids is 1. The van der Waals surface area contributed by atoms with E-state index in [9.17, 15) is 4.79 Å². The van der Waals surface area contributed by atoms with Crippen LogP contribution in [0.4, 0.5) is 0 Å². The summed E-state index contributed by atoms with van der Waals surface area (Å²) in [6, 6.07) is -0.0118. The molecule has 1 N–H and O–H groups in total. The molecule has 0 aromatic heterocycles. The lowest BCUT2D eigenvalue weighted by Crippen LogP contribution is -2.46. The first-order valence-corrected chi connectivity index (χ1v) is 7.95. The van der Waals surface area contributed by atoms with E-state index in [4.69, 9.17) is 0 Å². The van der Waals surface area contributed by atoms with Gasteiger partial charge in [-0.1, -0.05) is 6.92 Å². The topological polar surface area (TPSA) is 35.6 Å². The summed E-state index contributed by atoms with van der Waals surface area (Å²) >= 11 is 0. The zero-order chi connectivity index (χ0) is 13.7. The summed E-state index contributed by atoms with van der Waals surface area (Å²) in [6.45, 7) is 10.8. The maximum Gasteiger partial charge on any atom is 0.239 e. The van der Waals surface area contributed by atoms with Gasteiger partial charge in [0.05, 0.1) is 6.04 Å². The Morgan fingerprint density at radius 2 is 1.84 bits per heavy atom. The van der Waals surface area contributed by atoms with Gasteiger partial charge in [0.25, 0.3) is 0 Å². The van der Waals surface area contributed by atoms with E-state index in [1.165, 1.54) is 45.3 Å². The summed E-state index contributed by atoms with van der Waals surface area (Å²) in [5, 5.41) is 3.45. The second-order valence-electron chi connectivity index (χ2n) is 6.04. The van der Waals surface area contributed by atoms with Gasteiger partial charge in [0.2, 0.25) is 5.91 Å². The number of rotatable bonds is 5. The van der Waals surface area contributed by atoms with Crippen LogP contribution < -0.4 is 5.32 Å². The van der Waals surface area contributed by atoms with Crippen molar-refractivity contribution in [3.8, 4) is 0 Å². The van der Waals surface area contributed by atoms with Crippen LogP contribution in [0.25, 0.3) is 0 Å². The fourth-order valence-corrected chi connectivity index (χ4v) is 3.15. The maximum absolute atomic E-state index is 12.2. The Morgan fingerprint density at radius 1 is 1.21 bits per heavy atom. The van der Waals surface area contributed by atoms with Crippen molar-refractivity contribution >= 4 is 5.91 Å². The third-order valence-corrected chi connectivity index (χ3v) is 4.66. The van der Waals surface area contributed by atoms with Crippen molar-refractivity contribution in [2.45, 2.75) is 45.6 Å². The van der Waals surface area contributed by atoms with Crippen molar-refractivity contribution in [1.29, 1.82) is 0 Å². The van der Waals surface area contributed by atoms with Gasteiger partial charge >= 0.3 is 0 Å². The summed E-state index contributed by atoms with van der Waals surface area (Å²) in [6.07, 6.45) is 4.89. The molecule has 1 unspecified atom stereocenters. The van der Waals surface area contributed by atoms with E-state index < -0.39 is 0 Å². The molecule has 2 aliphatic rings. The molecule has 2 rings (SSSR count). The molecule has 1 amide bonds. The summed E-state index contributed by atoms with van der Waals surface area (Å²) in [5.41, 5.74) is 0. The zero-order valence-corrected chi connectivity index (χ0v) is 12.5. The van der Waals surface area contributed by atoms with E-state index in [0.717, 1.165) is 25.6 Å². The first-order valence-electron chi connectivity index (χ1n) is 7.95. The fourth-order valence-electron chi connectivity index (χ4n) is 3.15. The van der Waals surface area contributed by atoms with Crippen molar-refractivity contribution in [3.63, 3.8) is 0 Å². The van der Waals surface area contributed by atoms with Gasteiger partial charge in [-0.2, -0.15) is 0 Å². The van der Waals surface area contributed by atoms with Crippen molar-refractivity contribution in [2.75, 3.05) is 39.3 Å². The van der Waals surface area contributed by atoms with Gasteiger partial charge in [0, 0.05) is 13.1 Å². The van der Waals surface area contributed by atoms with Crippen LogP contribution in [0.15, 0.2) is 0 Å². The molecule has 0 radical (unpaired) electrons.